The van der Waals surface area contributed by atoms with Crippen molar-refractivity contribution in [3.8, 4) is 5.75 Å². The summed E-state index contributed by atoms with van der Waals surface area (Å²) < 4.78 is 5.62. The Balaban J connectivity index is 1.62. The van der Waals surface area contributed by atoms with Gasteiger partial charge in [-0.2, -0.15) is 0 Å². The van der Waals surface area contributed by atoms with Crippen LogP contribution in [0.4, 0.5) is 10.5 Å². The number of aryl methyl sites for hydroxylation is 1. The molecule has 4 nitrogen and oxygen atoms in total. The van der Waals surface area contributed by atoms with Gasteiger partial charge in [0.15, 0.2) is 0 Å². The molecule has 0 saturated heterocycles. The van der Waals surface area contributed by atoms with E-state index >= 15 is 0 Å². The van der Waals surface area contributed by atoms with Crippen LogP contribution in [0.5, 0.6) is 5.75 Å². The fourth-order valence-corrected chi connectivity index (χ4v) is 2.86. The molecule has 0 spiro atoms. The van der Waals surface area contributed by atoms with Crippen molar-refractivity contribution in [3.05, 3.63) is 59.7 Å². The van der Waals surface area contributed by atoms with E-state index in [1.165, 1.54) is 5.56 Å². The Hall–Kier alpha value is -2.49. The Morgan fingerprint density at radius 2 is 1.96 bits per heavy atom. The highest BCUT2D eigenvalue weighted by Crippen LogP contribution is 2.31. The fraction of sp³-hybridized carbons (Fsp3) is 0.316. The number of carbonyl (C=O) groups is 1. The van der Waals surface area contributed by atoms with Crippen LogP contribution in [0.25, 0.3) is 0 Å². The Morgan fingerprint density at radius 3 is 2.74 bits per heavy atom. The molecule has 1 heterocycles. The summed E-state index contributed by atoms with van der Waals surface area (Å²) in [6, 6.07) is 15.7. The summed E-state index contributed by atoms with van der Waals surface area (Å²) >= 11 is 0. The first-order chi connectivity index (χ1) is 11.3. The summed E-state index contributed by atoms with van der Waals surface area (Å²) in [4.78, 5) is 12.2. The van der Waals surface area contributed by atoms with Crippen LogP contribution in [0.2, 0.25) is 0 Å². The summed E-state index contributed by atoms with van der Waals surface area (Å²) in [5.74, 6) is 0.855. The molecule has 2 aromatic carbocycles. The lowest BCUT2D eigenvalue weighted by Crippen LogP contribution is -2.35. The lowest BCUT2D eigenvalue weighted by Gasteiger charge is -2.26. The molecular weight excluding hydrogens is 288 g/mol. The molecule has 1 aliphatic heterocycles. The SMILES string of the molecule is CCCc1ccc(NC(=O)NC2CCOc3ccccc32)cc1. The monoisotopic (exact) mass is 310 g/mol. The lowest BCUT2D eigenvalue weighted by atomic mass is 10.0. The van der Waals surface area contributed by atoms with Crippen molar-refractivity contribution in [2.75, 3.05) is 11.9 Å². The van der Waals surface area contributed by atoms with Gasteiger partial charge in [0.2, 0.25) is 0 Å². The average Bonchev–Trinajstić information content (AvgIpc) is 2.57. The third-order valence-corrected chi connectivity index (χ3v) is 4.01. The number of benzene rings is 2. The zero-order valence-corrected chi connectivity index (χ0v) is 13.3. The molecule has 1 unspecified atom stereocenters. The van der Waals surface area contributed by atoms with E-state index in [1.807, 2.05) is 36.4 Å². The lowest BCUT2D eigenvalue weighted by molar-refractivity contribution is 0.232. The molecule has 23 heavy (non-hydrogen) atoms. The van der Waals surface area contributed by atoms with Crippen LogP contribution in [-0.2, 0) is 6.42 Å². The number of rotatable bonds is 4. The van der Waals surface area contributed by atoms with E-state index < -0.39 is 0 Å². The van der Waals surface area contributed by atoms with Crippen molar-refractivity contribution in [3.63, 3.8) is 0 Å². The minimum atomic E-state index is -0.185. The zero-order valence-electron chi connectivity index (χ0n) is 13.3. The highest BCUT2D eigenvalue weighted by atomic mass is 16.5. The van der Waals surface area contributed by atoms with Crippen molar-refractivity contribution in [1.82, 2.24) is 5.32 Å². The maximum absolute atomic E-state index is 12.2. The molecule has 0 fully saturated rings. The first kappa shape index (κ1) is 15.4. The van der Waals surface area contributed by atoms with Gasteiger partial charge in [-0.05, 0) is 30.2 Å². The number of amides is 2. The zero-order chi connectivity index (χ0) is 16.1. The Kier molecular flexibility index (Phi) is 4.81. The molecular formula is C19H22N2O2. The molecule has 0 radical (unpaired) electrons. The van der Waals surface area contributed by atoms with E-state index in [0.29, 0.717) is 6.61 Å². The Labute approximate surface area is 136 Å². The molecule has 0 aliphatic carbocycles. The van der Waals surface area contributed by atoms with Crippen molar-refractivity contribution in [2.45, 2.75) is 32.2 Å². The van der Waals surface area contributed by atoms with E-state index in [2.05, 4.69) is 29.7 Å². The van der Waals surface area contributed by atoms with Crippen LogP contribution in [0, 0.1) is 0 Å². The van der Waals surface area contributed by atoms with Crippen LogP contribution in [0.1, 0.15) is 36.9 Å². The average molecular weight is 310 g/mol. The van der Waals surface area contributed by atoms with E-state index in [-0.39, 0.29) is 12.1 Å². The summed E-state index contributed by atoms with van der Waals surface area (Å²) in [6.45, 7) is 2.78. The van der Waals surface area contributed by atoms with Gasteiger partial charge in [-0.15, -0.1) is 0 Å². The number of urea groups is 1. The number of para-hydroxylation sites is 1. The largest absolute Gasteiger partial charge is 0.493 e. The molecule has 4 heteroatoms. The van der Waals surface area contributed by atoms with Crippen molar-refractivity contribution in [1.29, 1.82) is 0 Å². The van der Waals surface area contributed by atoms with Crippen LogP contribution >= 0.6 is 0 Å². The second-order valence-corrected chi connectivity index (χ2v) is 5.77. The molecule has 0 saturated carbocycles. The fourth-order valence-electron chi connectivity index (χ4n) is 2.86. The summed E-state index contributed by atoms with van der Waals surface area (Å²) in [5, 5.41) is 5.93. The van der Waals surface area contributed by atoms with Crippen LogP contribution in [-0.4, -0.2) is 12.6 Å². The maximum atomic E-state index is 12.2. The van der Waals surface area contributed by atoms with Gasteiger partial charge in [0.05, 0.1) is 12.6 Å². The molecule has 1 aliphatic rings. The molecule has 1 atom stereocenters. The molecule has 2 amide bonds. The van der Waals surface area contributed by atoms with E-state index in [1.54, 1.807) is 0 Å². The predicted octanol–water partition coefficient (Wildman–Crippen LogP) is 4.28. The summed E-state index contributed by atoms with van der Waals surface area (Å²) in [7, 11) is 0. The highest BCUT2D eigenvalue weighted by Gasteiger charge is 2.22. The quantitative estimate of drug-likeness (QED) is 0.885. The van der Waals surface area contributed by atoms with Gasteiger partial charge in [-0.3, -0.25) is 0 Å². The van der Waals surface area contributed by atoms with Crippen molar-refractivity contribution >= 4 is 11.7 Å². The molecule has 2 N–H and O–H groups in total. The van der Waals surface area contributed by atoms with Crippen LogP contribution in [0.3, 0.4) is 0 Å². The molecule has 0 bridgehead atoms. The van der Waals surface area contributed by atoms with Gasteiger partial charge < -0.3 is 15.4 Å². The molecule has 120 valence electrons. The van der Waals surface area contributed by atoms with Gasteiger partial charge in [0, 0.05) is 17.7 Å². The Bertz CT molecular complexity index is 667. The van der Waals surface area contributed by atoms with E-state index in [4.69, 9.17) is 4.74 Å². The molecule has 0 aromatic heterocycles. The highest BCUT2D eigenvalue weighted by molar-refractivity contribution is 5.89. The smallest absolute Gasteiger partial charge is 0.319 e. The number of nitrogens with one attached hydrogen (secondary N) is 2. The van der Waals surface area contributed by atoms with Crippen molar-refractivity contribution < 1.29 is 9.53 Å². The van der Waals surface area contributed by atoms with Crippen LogP contribution < -0.4 is 15.4 Å². The molecule has 3 rings (SSSR count). The first-order valence-corrected chi connectivity index (χ1v) is 8.14. The predicted molar refractivity (Wildman–Crippen MR) is 91.9 cm³/mol. The second-order valence-electron chi connectivity index (χ2n) is 5.77. The second kappa shape index (κ2) is 7.18. The van der Waals surface area contributed by atoms with Crippen LogP contribution in [0.15, 0.2) is 48.5 Å². The van der Waals surface area contributed by atoms with E-state index in [9.17, 15) is 4.79 Å². The number of ether oxygens (including phenoxy) is 1. The maximum Gasteiger partial charge on any atom is 0.319 e. The van der Waals surface area contributed by atoms with Gasteiger partial charge >= 0.3 is 6.03 Å². The van der Waals surface area contributed by atoms with Crippen molar-refractivity contribution in [2.24, 2.45) is 0 Å². The summed E-state index contributed by atoms with van der Waals surface area (Å²) in [6.07, 6.45) is 2.96. The van der Waals surface area contributed by atoms with Gasteiger partial charge in [-0.25, -0.2) is 4.79 Å². The Morgan fingerprint density at radius 1 is 1.17 bits per heavy atom. The van der Waals surface area contributed by atoms with Gasteiger partial charge in [0.25, 0.3) is 0 Å². The standard InChI is InChI=1S/C19H22N2O2/c1-2-5-14-8-10-15(11-9-14)20-19(22)21-17-12-13-23-18-7-4-3-6-16(17)18/h3-4,6-11,17H,2,5,12-13H2,1H3,(H2,20,21,22). The topological polar surface area (TPSA) is 50.4 Å². The third-order valence-electron chi connectivity index (χ3n) is 4.01. The number of fused-ring (bicyclic) bond motifs is 1. The minimum absolute atomic E-state index is 0.0145. The third kappa shape index (κ3) is 3.83. The van der Waals surface area contributed by atoms with Gasteiger partial charge in [-0.1, -0.05) is 43.7 Å². The normalized spacial score (nSPS) is 16.1. The number of carbonyl (C=O) groups excluding carboxylic acids is 1. The first-order valence-electron chi connectivity index (χ1n) is 8.14. The van der Waals surface area contributed by atoms with E-state index in [0.717, 1.165) is 36.3 Å². The number of hydrogen-bond acceptors (Lipinski definition) is 2. The van der Waals surface area contributed by atoms with Gasteiger partial charge in [0.1, 0.15) is 5.75 Å². The summed E-state index contributed by atoms with van der Waals surface area (Å²) in [5.41, 5.74) is 3.13. The molecule has 2 aromatic rings. The number of hydrogen-bond donors (Lipinski definition) is 2. The minimum Gasteiger partial charge on any atom is -0.493 e. The number of anilines is 1.